The minimum atomic E-state index is -0.200. The van der Waals surface area contributed by atoms with E-state index < -0.39 is 0 Å². The second kappa shape index (κ2) is 6.99. The first kappa shape index (κ1) is 18.0. The molecule has 0 heterocycles. The predicted octanol–water partition coefficient (Wildman–Crippen LogP) is 3.85. The molecule has 0 aliphatic heterocycles. The molecule has 4 aliphatic carbocycles. The first-order valence-corrected chi connectivity index (χ1v) is 10.5. The molecule has 4 fully saturated rings. The van der Waals surface area contributed by atoms with Crippen molar-refractivity contribution in [1.82, 2.24) is 10.2 Å². The second-order valence-corrected chi connectivity index (χ2v) is 9.77. The highest BCUT2D eigenvalue weighted by Gasteiger charge is 2.51. The monoisotopic (exact) mass is 418 g/mol. The molecule has 2 amide bonds. The molecule has 5 heteroatoms. The molecule has 1 aromatic carbocycles. The van der Waals surface area contributed by atoms with Gasteiger partial charge in [0.25, 0.3) is 5.91 Å². The van der Waals surface area contributed by atoms with Crippen LogP contribution in [0.15, 0.2) is 28.7 Å². The van der Waals surface area contributed by atoms with Crippen LogP contribution in [0.25, 0.3) is 0 Å². The first-order valence-electron chi connectivity index (χ1n) is 9.70. The lowest BCUT2D eigenvalue weighted by molar-refractivity contribution is -0.134. The van der Waals surface area contributed by atoms with Gasteiger partial charge in [-0.05, 0) is 86.0 Å². The highest BCUT2D eigenvalue weighted by Crippen LogP contribution is 2.60. The summed E-state index contributed by atoms with van der Waals surface area (Å²) in [5.41, 5.74) is 0.916. The molecule has 4 saturated carbocycles. The van der Waals surface area contributed by atoms with E-state index in [9.17, 15) is 9.59 Å². The Morgan fingerprint density at radius 1 is 1.08 bits per heavy atom. The van der Waals surface area contributed by atoms with Crippen LogP contribution in [0.4, 0.5) is 0 Å². The lowest BCUT2D eigenvalue weighted by Crippen LogP contribution is -2.52. The van der Waals surface area contributed by atoms with Gasteiger partial charge in [-0.3, -0.25) is 9.59 Å². The molecule has 0 atom stereocenters. The average Bonchev–Trinajstić information content (AvgIpc) is 2.58. The molecule has 4 nitrogen and oxygen atoms in total. The van der Waals surface area contributed by atoms with E-state index in [1.165, 1.54) is 38.5 Å². The van der Waals surface area contributed by atoms with Gasteiger partial charge in [0.2, 0.25) is 5.91 Å². The molecule has 5 rings (SSSR count). The van der Waals surface area contributed by atoms with Gasteiger partial charge in [0.05, 0.1) is 6.54 Å². The molecule has 1 aromatic rings. The summed E-state index contributed by atoms with van der Waals surface area (Å²) < 4.78 is 0.931. The van der Waals surface area contributed by atoms with Crippen molar-refractivity contribution in [2.75, 3.05) is 20.1 Å². The van der Waals surface area contributed by atoms with Gasteiger partial charge in [0, 0.05) is 23.6 Å². The first-order chi connectivity index (χ1) is 12.4. The predicted molar refractivity (Wildman–Crippen MR) is 105 cm³/mol. The lowest BCUT2D eigenvalue weighted by Gasteiger charge is -2.57. The normalized spacial score (nSPS) is 31.7. The maximum atomic E-state index is 12.6. The van der Waals surface area contributed by atoms with Gasteiger partial charge in [0.1, 0.15) is 0 Å². The molecule has 4 bridgehead atoms. The molecular formula is C21H27BrN2O2. The third-order valence-corrected chi connectivity index (χ3v) is 7.20. The topological polar surface area (TPSA) is 49.4 Å². The molecule has 4 aliphatic rings. The van der Waals surface area contributed by atoms with E-state index in [0.717, 1.165) is 28.8 Å². The number of likely N-dealkylation sites (N-methyl/N-ethyl adjacent to an activating group) is 1. The summed E-state index contributed by atoms with van der Waals surface area (Å²) in [6, 6.07) is 7.16. The van der Waals surface area contributed by atoms with Crippen LogP contribution >= 0.6 is 15.9 Å². The van der Waals surface area contributed by atoms with Crippen molar-refractivity contribution in [3.05, 3.63) is 34.3 Å². The van der Waals surface area contributed by atoms with Gasteiger partial charge in [-0.15, -0.1) is 0 Å². The number of carbonyl (C=O) groups excluding carboxylic acids is 2. The molecule has 1 N–H and O–H groups in total. The van der Waals surface area contributed by atoms with E-state index >= 15 is 0 Å². The minimum Gasteiger partial charge on any atom is -0.344 e. The van der Waals surface area contributed by atoms with Crippen LogP contribution in [0.2, 0.25) is 0 Å². The second-order valence-electron chi connectivity index (χ2n) is 8.86. The molecule has 0 aromatic heterocycles. The van der Waals surface area contributed by atoms with Crippen molar-refractivity contribution in [3.8, 4) is 0 Å². The Hall–Kier alpha value is -1.36. The van der Waals surface area contributed by atoms with Crippen LogP contribution in [0.5, 0.6) is 0 Å². The van der Waals surface area contributed by atoms with Crippen molar-refractivity contribution in [1.29, 1.82) is 0 Å². The summed E-state index contributed by atoms with van der Waals surface area (Å²) >= 11 is 3.36. The largest absolute Gasteiger partial charge is 0.344 e. The lowest BCUT2D eigenvalue weighted by atomic mass is 9.49. The van der Waals surface area contributed by atoms with E-state index in [0.29, 0.717) is 11.0 Å². The standard InChI is InChI=1S/C21H27BrN2O2/c1-24(13-21-9-14-6-15(10-21)8-16(7-14)11-21)19(25)12-23-20(26)17-2-4-18(22)5-3-17/h2-5,14-16H,6-13H2,1H3,(H,23,26). The number of amides is 2. The summed E-state index contributed by atoms with van der Waals surface area (Å²) in [6.07, 6.45) is 8.13. The van der Waals surface area contributed by atoms with Crippen molar-refractivity contribution in [2.24, 2.45) is 23.2 Å². The van der Waals surface area contributed by atoms with Gasteiger partial charge in [-0.1, -0.05) is 15.9 Å². The van der Waals surface area contributed by atoms with Crippen molar-refractivity contribution < 1.29 is 9.59 Å². The zero-order valence-electron chi connectivity index (χ0n) is 15.3. The molecule has 140 valence electrons. The van der Waals surface area contributed by atoms with Gasteiger partial charge < -0.3 is 10.2 Å². The third kappa shape index (κ3) is 3.68. The van der Waals surface area contributed by atoms with Gasteiger partial charge in [-0.2, -0.15) is 0 Å². The van der Waals surface area contributed by atoms with Crippen LogP contribution in [-0.4, -0.2) is 36.9 Å². The van der Waals surface area contributed by atoms with Crippen LogP contribution in [-0.2, 0) is 4.79 Å². The van der Waals surface area contributed by atoms with Crippen LogP contribution in [0.3, 0.4) is 0 Å². The number of carbonyl (C=O) groups is 2. The summed E-state index contributed by atoms with van der Waals surface area (Å²) in [7, 11) is 1.90. The Labute approximate surface area is 163 Å². The van der Waals surface area contributed by atoms with Gasteiger partial charge >= 0.3 is 0 Å². The Balaban J connectivity index is 1.31. The molecule has 26 heavy (non-hydrogen) atoms. The summed E-state index contributed by atoms with van der Waals surface area (Å²) in [5.74, 6) is 2.48. The quantitative estimate of drug-likeness (QED) is 0.788. The SMILES string of the molecule is CN(CC12CC3CC(CC(C3)C1)C2)C(=O)CNC(=O)c1ccc(Br)cc1. The van der Waals surface area contributed by atoms with Crippen molar-refractivity contribution in [3.63, 3.8) is 0 Å². The smallest absolute Gasteiger partial charge is 0.251 e. The molecule has 0 spiro atoms. The fourth-order valence-electron chi connectivity index (χ4n) is 6.07. The third-order valence-electron chi connectivity index (χ3n) is 6.67. The van der Waals surface area contributed by atoms with Gasteiger partial charge in [0.15, 0.2) is 0 Å². The Morgan fingerprint density at radius 2 is 1.62 bits per heavy atom. The number of nitrogens with zero attached hydrogens (tertiary/aromatic N) is 1. The molecule has 0 radical (unpaired) electrons. The molecule has 0 unspecified atom stereocenters. The number of benzene rings is 1. The zero-order valence-corrected chi connectivity index (χ0v) is 16.9. The van der Waals surface area contributed by atoms with Crippen LogP contribution < -0.4 is 5.32 Å². The molecular weight excluding hydrogens is 392 g/mol. The van der Waals surface area contributed by atoms with E-state index in [-0.39, 0.29) is 18.4 Å². The van der Waals surface area contributed by atoms with E-state index in [1.54, 1.807) is 12.1 Å². The van der Waals surface area contributed by atoms with Crippen molar-refractivity contribution in [2.45, 2.75) is 38.5 Å². The van der Waals surface area contributed by atoms with Crippen molar-refractivity contribution >= 4 is 27.7 Å². The maximum Gasteiger partial charge on any atom is 0.251 e. The van der Waals surface area contributed by atoms with E-state index in [1.807, 2.05) is 24.1 Å². The maximum absolute atomic E-state index is 12.6. The fourth-order valence-corrected chi connectivity index (χ4v) is 6.33. The molecule has 0 saturated heterocycles. The number of rotatable bonds is 5. The van der Waals surface area contributed by atoms with E-state index in [2.05, 4.69) is 21.2 Å². The van der Waals surface area contributed by atoms with Crippen LogP contribution in [0, 0.1) is 23.2 Å². The van der Waals surface area contributed by atoms with Gasteiger partial charge in [-0.25, -0.2) is 0 Å². The Morgan fingerprint density at radius 3 is 2.15 bits per heavy atom. The summed E-state index contributed by atoms with van der Waals surface area (Å²) in [6.45, 7) is 0.918. The number of halogens is 1. The zero-order chi connectivity index (χ0) is 18.3. The number of nitrogens with one attached hydrogen (secondary N) is 1. The van der Waals surface area contributed by atoms with Crippen LogP contribution in [0.1, 0.15) is 48.9 Å². The highest BCUT2D eigenvalue weighted by molar-refractivity contribution is 9.10. The number of hydrogen-bond acceptors (Lipinski definition) is 2. The highest BCUT2D eigenvalue weighted by atomic mass is 79.9. The fraction of sp³-hybridized carbons (Fsp3) is 0.619. The Bertz CT molecular complexity index is 665. The average molecular weight is 419 g/mol. The number of hydrogen-bond donors (Lipinski definition) is 1. The summed E-state index contributed by atoms with van der Waals surface area (Å²) in [5, 5.41) is 2.76. The van der Waals surface area contributed by atoms with E-state index in [4.69, 9.17) is 0 Å². The Kier molecular flexibility index (Phi) is 4.84. The minimum absolute atomic E-state index is 0.00575. The summed E-state index contributed by atoms with van der Waals surface area (Å²) in [4.78, 5) is 26.6.